The van der Waals surface area contributed by atoms with Crippen LogP contribution in [0.5, 0.6) is 0 Å². The fourth-order valence-electron chi connectivity index (χ4n) is 4.13. The Bertz CT molecular complexity index is 1520. The van der Waals surface area contributed by atoms with Gasteiger partial charge in [0, 0.05) is 17.3 Å². The van der Waals surface area contributed by atoms with Crippen LogP contribution < -0.4 is 10.0 Å². The van der Waals surface area contributed by atoms with E-state index in [0.717, 1.165) is 52.9 Å². The molecular formula is C23H23N5O4S2. The van der Waals surface area contributed by atoms with Gasteiger partial charge >= 0.3 is 6.03 Å². The van der Waals surface area contributed by atoms with Gasteiger partial charge in [0.1, 0.15) is 10.5 Å². The van der Waals surface area contributed by atoms with E-state index in [0.29, 0.717) is 16.9 Å². The molecule has 4 aromatic rings. The van der Waals surface area contributed by atoms with Gasteiger partial charge < -0.3 is 10.4 Å². The minimum absolute atomic E-state index is 0.0450. The van der Waals surface area contributed by atoms with E-state index in [1.807, 2.05) is 24.4 Å². The molecule has 1 aromatic carbocycles. The largest absolute Gasteiger partial charge is 0.386 e. The van der Waals surface area contributed by atoms with Gasteiger partial charge in [0.25, 0.3) is 10.0 Å². The van der Waals surface area contributed by atoms with Crippen LogP contribution in [0.3, 0.4) is 0 Å². The standard InChI is InChI=1S/C23H23N5O4S2/c1-23(2,30)16-10-20(33-12-16)34(31,32)27-22(29)25-21-17-5-3-4-14(17)6-8-18(21)15-7-9-19-26-24-13-28(19)11-15/h6-13,30H,3-5H2,1-2H3,(H2,25,27,29). The lowest BCUT2D eigenvalue weighted by molar-refractivity contribution is 0.0789. The summed E-state index contributed by atoms with van der Waals surface area (Å²) in [5, 5.41) is 22.4. The average Bonchev–Trinajstić information content (AvgIpc) is 3.52. The molecule has 0 atom stereocenters. The van der Waals surface area contributed by atoms with Crippen molar-refractivity contribution >= 4 is 38.7 Å². The number of nitrogens with zero attached hydrogens (tertiary/aromatic N) is 3. The molecule has 3 heterocycles. The minimum Gasteiger partial charge on any atom is -0.386 e. The molecule has 176 valence electrons. The normalized spacial score (nSPS) is 13.7. The van der Waals surface area contributed by atoms with Crippen LogP contribution in [0.4, 0.5) is 10.5 Å². The van der Waals surface area contributed by atoms with Crippen molar-refractivity contribution in [3.8, 4) is 11.1 Å². The van der Waals surface area contributed by atoms with E-state index in [4.69, 9.17) is 0 Å². The number of amides is 2. The summed E-state index contributed by atoms with van der Waals surface area (Å²) in [4.78, 5) is 12.9. The van der Waals surface area contributed by atoms with Crippen molar-refractivity contribution in [3.63, 3.8) is 0 Å². The van der Waals surface area contributed by atoms with Crippen LogP contribution in [0.1, 0.15) is 37.0 Å². The number of benzene rings is 1. The quantitative estimate of drug-likeness (QED) is 0.386. The Hall–Kier alpha value is -3.28. The predicted octanol–water partition coefficient (Wildman–Crippen LogP) is 3.68. The smallest absolute Gasteiger partial charge is 0.333 e. The summed E-state index contributed by atoms with van der Waals surface area (Å²) in [6.45, 7) is 3.14. The van der Waals surface area contributed by atoms with Crippen LogP contribution in [0, 0.1) is 0 Å². The zero-order valence-electron chi connectivity index (χ0n) is 18.6. The third-order valence-corrected chi connectivity index (χ3v) is 8.67. The summed E-state index contributed by atoms with van der Waals surface area (Å²) in [7, 11) is -4.11. The highest BCUT2D eigenvalue weighted by Gasteiger charge is 2.26. The number of aliphatic hydroxyl groups is 1. The summed E-state index contributed by atoms with van der Waals surface area (Å²) in [5.41, 5.74) is 4.35. The number of rotatable bonds is 5. The van der Waals surface area contributed by atoms with Crippen molar-refractivity contribution in [2.24, 2.45) is 0 Å². The number of carbonyl (C=O) groups excluding carboxylic acids is 1. The van der Waals surface area contributed by atoms with Gasteiger partial charge in [0.05, 0.1) is 11.3 Å². The lowest BCUT2D eigenvalue weighted by atomic mass is 9.98. The van der Waals surface area contributed by atoms with Gasteiger partial charge in [-0.05, 0) is 73.4 Å². The Labute approximate surface area is 200 Å². The van der Waals surface area contributed by atoms with Gasteiger partial charge in [-0.2, -0.15) is 0 Å². The van der Waals surface area contributed by atoms with Crippen molar-refractivity contribution in [1.82, 2.24) is 19.3 Å². The number of thiophene rings is 1. The van der Waals surface area contributed by atoms with E-state index >= 15 is 0 Å². The number of urea groups is 1. The van der Waals surface area contributed by atoms with Gasteiger partial charge in [-0.3, -0.25) is 4.40 Å². The van der Waals surface area contributed by atoms with Crippen LogP contribution in [0.25, 0.3) is 16.8 Å². The maximum absolute atomic E-state index is 12.9. The molecule has 9 nitrogen and oxygen atoms in total. The first-order valence-corrected chi connectivity index (χ1v) is 13.1. The third-order valence-electron chi connectivity index (χ3n) is 5.90. The van der Waals surface area contributed by atoms with E-state index in [1.54, 1.807) is 30.0 Å². The summed E-state index contributed by atoms with van der Waals surface area (Å²) in [6.07, 6.45) is 6.13. The molecule has 3 aromatic heterocycles. The molecule has 3 N–H and O–H groups in total. The number of carbonyl (C=O) groups is 1. The molecule has 1 aliphatic carbocycles. The van der Waals surface area contributed by atoms with Crippen molar-refractivity contribution < 1.29 is 18.3 Å². The molecule has 0 fully saturated rings. The Kier molecular flexibility index (Phi) is 5.42. The highest BCUT2D eigenvalue weighted by Crippen LogP contribution is 2.37. The van der Waals surface area contributed by atoms with E-state index in [9.17, 15) is 18.3 Å². The molecule has 1 aliphatic rings. The number of aromatic nitrogens is 3. The van der Waals surface area contributed by atoms with Gasteiger partial charge in [-0.1, -0.05) is 12.1 Å². The second-order valence-corrected chi connectivity index (χ2v) is 11.6. The first kappa shape index (κ1) is 22.5. The molecule has 0 unspecified atom stereocenters. The molecule has 0 aliphatic heterocycles. The highest BCUT2D eigenvalue weighted by molar-refractivity contribution is 7.92. The Morgan fingerprint density at radius 1 is 1.21 bits per heavy atom. The van der Waals surface area contributed by atoms with Crippen molar-refractivity contribution in [3.05, 3.63) is 64.9 Å². The number of sulfonamides is 1. The predicted molar refractivity (Wildman–Crippen MR) is 129 cm³/mol. The lowest BCUT2D eigenvalue weighted by Crippen LogP contribution is -2.34. The molecule has 0 bridgehead atoms. The molecule has 2 amide bonds. The second kappa shape index (κ2) is 8.19. The molecule has 5 rings (SSSR count). The van der Waals surface area contributed by atoms with Crippen LogP contribution in [-0.2, 0) is 28.5 Å². The van der Waals surface area contributed by atoms with Crippen LogP contribution >= 0.6 is 11.3 Å². The van der Waals surface area contributed by atoms with Gasteiger partial charge in [-0.25, -0.2) is 17.9 Å². The zero-order valence-corrected chi connectivity index (χ0v) is 20.2. The number of fused-ring (bicyclic) bond motifs is 2. The first-order chi connectivity index (χ1) is 16.1. The van der Waals surface area contributed by atoms with E-state index in [1.165, 1.54) is 6.07 Å². The Balaban J connectivity index is 1.46. The molecule has 0 saturated carbocycles. The Morgan fingerprint density at radius 3 is 2.79 bits per heavy atom. The zero-order chi connectivity index (χ0) is 24.1. The number of hydrogen-bond donors (Lipinski definition) is 3. The van der Waals surface area contributed by atoms with Crippen LogP contribution in [0.2, 0.25) is 0 Å². The molecular weight excluding hydrogens is 474 g/mol. The third kappa shape index (κ3) is 4.17. The topological polar surface area (TPSA) is 126 Å². The van der Waals surface area contributed by atoms with E-state index in [-0.39, 0.29) is 4.21 Å². The highest BCUT2D eigenvalue weighted by atomic mass is 32.2. The first-order valence-electron chi connectivity index (χ1n) is 10.7. The Morgan fingerprint density at radius 2 is 2.03 bits per heavy atom. The average molecular weight is 498 g/mol. The molecule has 34 heavy (non-hydrogen) atoms. The number of pyridine rings is 1. The summed E-state index contributed by atoms with van der Waals surface area (Å²) in [5.74, 6) is 0. The number of aryl methyl sites for hydroxylation is 1. The molecule has 0 spiro atoms. The van der Waals surface area contributed by atoms with Crippen molar-refractivity contribution in [2.45, 2.75) is 42.9 Å². The van der Waals surface area contributed by atoms with E-state index in [2.05, 4.69) is 26.3 Å². The summed E-state index contributed by atoms with van der Waals surface area (Å²) >= 11 is 0.949. The van der Waals surface area contributed by atoms with Crippen molar-refractivity contribution in [2.75, 3.05) is 5.32 Å². The second-order valence-electron chi connectivity index (χ2n) is 8.77. The minimum atomic E-state index is -4.11. The number of nitrogens with one attached hydrogen (secondary N) is 2. The maximum Gasteiger partial charge on any atom is 0.333 e. The van der Waals surface area contributed by atoms with E-state index < -0.39 is 21.7 Å². The fraction of sp³-hybridized carbons (Fsp3) is 0.261. The monoisotopic (exact) mass is 497 g/mol. The molecule has 0 radical (unpaired) electrons. The summed E-state index contributed by atoms with van der Waals surface area (Å²) in [6, 6.07) is 8.25. The summed E-state index contributed by atoms with van der Waals surface area (Å²) < 4.78 is 29.5. The SMILES string of the molecule is CC(C)(O)c1csc(S(=O)(=O)NC(=O)Nc2c(-c3ccc4nncn4c3)ccc3c2CCC3)c1. The van der Waals surface area contributed by atoms with Gasteiger partial charge in [-0.15, -0.1) is 21.5 Å². The van der Waals surface area contributed by atoms with Gasteiger partial charge in [0.15, 0.2) is 5.65 Å². The fourth-order valence-corrected chi connectivity index (χ4v) is 6.37. The number of hydrogen-bond acceptors (Lipinski definition) is 7. The molecule has 11 heteroatoms. The van der Waals surface area contributed by atoms with Crippen LogP contribution in [0.15, 0.2) is 52.4 Å². The lowest BCUT2D eigenvalue weighted by Gasteiger charge is -2.17. The van der Waals surface area contributed by atoms with Crippen LogP contribution in [-0.4, -0.2) is 34.2 Å². The van der Waals surface area contributed by atoms with Gasteiger partial charge in [0.2, 0.25) is 0 Å². The molecule has 0 saturated heterocycles. The number of anilines is 1. The maximum atomic E-state index is 12.9. The van der Waals surface area contributed by atoms with Crippen molar-refractivity contribution in [1.29, 1.82) is 0 Å².